The number of rotatable bonds is 8. The van der Waals surface area contributed by atoms with Crippen LogP contribution in [0.25, 0.3) is 0 Å². The van der Waals surface area contributed by atoms with Crippen LogP contribution in [-0.4, -0.2) is 68.9 Å². The minimum Gasteiger partial charge on any atom is -0.378 e. The molecule has 170 valence electrons. The second kappa shape index (κ2) is 10.9. The molecule has 3 rings (SSSR count). The van der Waals surface area contributed by atoms with E-state index in [1.807, 2.05) is 13.8 Å². The molecule has 1 spiro atoms. The molecule has 1 saturated heterocycles. The van der Waals surface area contributed by atoms with Crippen molar-refractivity contribution in [3.05, 3.63) is 0 Å². The average molecular weight is 543 g/mol. The van der Waals surface area contributed by atoms with Crippen LogP contribution in [0.15, 0.2) is 4.99 Å². The lowest BCUT2D eigenvalue weighted by molar-refractivity contribution is -0.168. The summed E-state index contributed by atoms with van der Waals surface area (Å²) < 4.78 is 32.1. The Kier molecular flexibility index (Phi) is 9.49. The number of halogens is 1. The van der Waals surface area contributed by atoms with Gasteiger partial charge in [-0.1, -0.05) is 13.3 Å². The van der Waals surface area contributed by atoms with Crippen molar-refractivity contribution < 1.29 is 13.2 Å². The molecule has 1 aliphatic heterocycles. The third kappa shape index (κ3) is 5.57. The van der Waals surface area contributed by atoms with Gasteiger partial charge < -0.3 is 15.4 Å². The van der Waals surface area contributed by atoms with Crippen molar-refractivity contribution >= 4 is 40.0 Å². The minimum absolute atomic E-state index is 0. The molecule has 0 bridgehead atoms. The van der Waals surface area contributed by atoms with E-state index < -0.39 is 10.0 Å². The molecule has 2 saturated carbocycles. The molecule has 2 aliphatic carbocycles. The summed E-state index contributed by atoms with van der Waals surface area (Å²) in [6.07, 6.45) is 7.52. The number of nitrogens with zero attached hydrogens (tertiary/aromatic N) is 2. The van der Waals surface area contributed by atoms with Crippen molar-refractivity contribution in [2.45, 2.75) is 83.9 Å². The van der Waals surface area contributed by atoms with E-state index in [1.165, 1.54) is 19.3 Å². The highest BCUT2D eigenvalue weighted by molar-refractivity contribution is 14.0. The number of hydrogen-bond acceptors (Lipinski definition) is 4. The van der Waals surface area contributed by atoms with Gasteiger partial charge in [-0.05, 0) is 52.4 Å². The molecule has 3 fully saturated rings. The van der Waals surface area contributed by atoms with Crippen LogP contribution >= 0.6 is 24.0 Å². The average Bonchev–Trinajstić information content (AvgIpc) is 2.60. The largest absolute Gasteiger partial charge is 0.378 e. The molecule has 0 aromatic heterocycles. The third-order valence-electron chi connectivity index (χ3n) is 6.71. The van der Waals surface area contributed by atoms with Gasteiger partial charge in [-0.25, -0.2) is 12.7 Å². The number of nitrogens with one attached hydrogen (secondary N) is 2. The molecule has 7 nitrogen and oxygen atoms in total. The first-order chi connectivity index (χ1) is 13.4. The van der Waals surface area contributed by atoms with Crippen molar-refractivity contribution in [2.75, 3.05) is 32.0 Å². The highest BCUT2D eigenvalue weighted by Crippen LogP contribution is 2.57. The van der Waals surface area contributed by atoms with Crippen LogP contribution in [0.3, 0.4) is 0 Å². The van der Waals surface area contributed by atoms with Crippen LogP contribution in [0.4, 0.5) is 0 Å². The maximum atomic E-state index is 12.3. The fraction of sp³-hybridized carbons (Fsp3) is 0.950. The number of hydrogen-bond donors (Lipinski definition) is 2. The lowest BCUT2D eigenvalue weighted by atomic mass is 9.51. The molecular formula is C20H39IN4O3S. The fourth-order valence-electron chi connectivity index (χ4n) is 4.96. The Hall–Kier alpha value is -0.130. The van der Waals surface area contributed by atoms with Gasteiger partial charge >= 0.3 is 0 Å². The zero-order valence-corrected chi connectivity index (χ0v) is 21.3. The first-order valence-electron chi connectivity index (χ1n) is 11.1. The lowest BCUT2D eigenvalue weighted by Gasteiger charge is -2.61. The van der Waals surface area contributed by atoms with Crippen molar-refractivity contribution in [1.29, 1.82) is 0 Å². The summed E-state index contributed by atoms with van der Waals surface area (Å²) >= 11 is 0. The van der Waals surface area contributed by atoms with E-state index in [9.17, 15) is 8.42 Å². The van der Waals surface area contributed by atoms with Crippen LogP contribution in [0.5, 0.6) is 0 Å². The molecule has 3 aliphatic rings. The topological polar surface area (TPSA) is 83.0 Å². The highest BCUT2D eigenvalue weighted by Gasteiger charge is 2.59. The predicted octanol–water partition coefficient (Wildman–Crippen LogP) is 2.71. The molecule has 0 radical (unpaired) electrons. The fourth-order valence-corrected chi connectivity index (χ4v) is 6.50. The van der Waals surface area contributed by atoms with Crippen LogP contribution in [-0.2, 0) is 14.8 Å². The van der Waals surface area contributed by atoms with Crippen molar-refractivity contribution in [1.82, 2.24) is 14.9 Å². The second-order valence-electron chi connectivity index (χ2n) is 8.42. The normalized spacial score (nSPS) is 27.6. The summed E-state index contributed by atoms with van der Waals surface area (Å²) in [5.74, 6) is 1.13. The highest BCUT2D eigenvalue weighted by atomic mass is 127. The van der Waals surface area contributed by atoms with E-state index >= 15 is 0 Å². The molecule has 2 unspecified atom stereocenters. The zero-order valence-electron chi connectivity index (χ0n) is 18.2. The maximum absolute atomic E-state index is 12.3. The Morgan fingerprint density at radius 3 is 2.38 bits per heavy atom. The van der Waals surface area contributed by atoms with Crippen LogP contribution in [0, 0.1) is 5.41 Å². The van der Waals surface area contributed by atoms with Gasteiger partial charge in [-0.15, -0.1) is 24.0 Å². The molecule has 1 heterocycles. The van der Waals surface area contributed by atoms with Crippen LogP contribution < -0.4 is 10.6 Å². The number of ether oxygens (including phenoxy) is 1. The van der Waals surface area contributed by atoms with Crippen molar-refractivity contribution in [2.24, 2.45) is 10.4 Å². The van der Waals surface area contributed by atoms with E-state index in [-0.39, 0.29) is 35.8 Å². The molecule has 0 amide bonds. The summed E-state index contributed by atoms with van der Waals surface area (Å²) in [4.78, 5) is 4.65. The molecule has 2 atom stereocenters. The maximum Gasteiger partial charge on any atom is 0.214 e. The van der Waals surface area contributed by atoms with Gasteiger partial charge in [0.05, 0.1) is 11.9 Å². The molecule has 0 aromatic carbocycles. The van der Waals surface area contributed by atoms with Gasteiger partial charge in [0.25, 0.3) is 0 Å². The quantitative estimate of drug-likeness (QED) is 0.280. The Labute approximate surface area is 193 Å². The molecule has 2 N–H and O–H groups in total. The summed E-state index contributed by atoms with van der Waals surface area (Å²) in [6, 6.07) is 0.701. The van der Waals surface area contributed by atoms with E-state index in [0.29, 0.717) is 37.1 Å². The minimum atomic E-state index is -3.09. The van der Waals surface area contributed by atoms with Crippen LogP contribution in [0.2, 0.25) is 0 Å². The monoisotopic (exact) mass is 542 g/mol. The van der Waals surface area contributed by atoms with Crippen molar-refractivity contribution in [3.8, 4) is 0 Å². The van der Waals surface area contributed by atoms with Gasteiger partial charge in [0, 0.05) is 43.7 Å². The number of aliphatic imine (C=N–C) groups is 1. The predicted molar refractivity (Wildman–Crippen MR) is 128 cm³/mol. The van der Waals surface area contributed by atoms with Gasteiger partial charge in [0.15, 0.2) is 5.96 Å². The van der Waals surface area contributed by atoms with Gasteiger partial charge in [-0.3, -0.25) is 4.99 Å². The first kappa shape index (κ1) is 25.1. The summed E-state index contributed by atoms with van der Waals surface area (Å²) in [6.45, 7) is 8.74. The zero-order chi connectivity index (χ0) is 20.2. The van der Waals surface area contributed by atoms with Gasteiger partial charge in [0.2, 0.25) is 10.0 Å². The van der Waals surface area contributed by atoms with E-state index in [2.05, 4.69) is 22.5 Å². The van der Waals surface area contributed by atoms with E-state index in [4.69, 9.17) is 4.74 Å². The van der Waals surface area contributed by atoms with Gasteiger partial charge in [-0.2, -0.15) is 0 Å². The number of sulfonamides is 1. The first-order valence-corrected chi connectivity index (χ1v) is 12.7. The molecule has 29 heavy (non-hydrogen) atoms. The molecular weight excluding hydrogens is 503 g/mol. The number of piperidine rings is 1. The third-order valence-corrected chi connectivity index (χ3v) is 8.79. The van der Waals surface area contributed by atoms with Gasteiger partial charge in [0.1, 0.15) is 0 Å². The van der Waals surface area contributed by atoms with E-state index in [0.717, 1.165) is 38.4 Å². The Bertz CT molecular complexity index is 646. The smallest absolute Gasteiger partial charge is 0.214 e. The van der Waals surface area contributed by atoms with E-state index in [1.54, 1.807) is 4.31 Å². The summed E-state index contributed by atoms with van der Waals surface area (Å²) in [5, 5.41) is 7.24. The lowest BCUT2D eigenvalue weighted by Crippen LogP contribution is -2.69. The Balaban J connectivity index is 0.00000300. The Morgan fingerprint density at radius 1 is 1.17 bits per heavy atom. The van der Waals surface area contributed by atoms with Crippen molar-refractivity contribution in [3.63, 3.8) is 0 Å². The number of guanidine groups is 1. The Morgan fingerprint density at radius 2 is 1.86 bits per heavy atom. The molecule has 0 aromatic rings. The summed E-state index contributed by atoms with van der Waals surface area (Å²) in [7, 11) is -3.09. The standard InChI is InChI=1S/C20H38N4O3S.HI/c1-4-14-28(25,26)24-12-8-16(9-13-24)22-19(21-5-2)23-17-15-18(27-6-3)20(17)10-7-11-20;/h16-18H,4-15H2,1-3H3,(H2,21,22,23);1H. The SMILES string of the molecule is CCCS(=O)(=O)N1CCC(NC(=NCC)NC2CC(OCC)C23CCC3)CC1.I. The summed E-state index contributed by atoms with van der Waals surface area (Å²) in [5.41, 5.74) is 0.295. The van der Waals surface area contributed by atoms with Crippen LogP contribution in [0.1, 0.15) is 65.7 Å². The molecule has 9 heteroatoms. The second-order valence-corrected chi connectivity index (χ2v) is 10.5.